The molecule has 1 atom stereocenters. The van der Waals surface area contributed by atoms with E-state index in [4.69, 9.17) is 14.0 Å². The van der Waals surface area contributed by atoms with Gasteiger partial charge in [0, 0.05) is 32.4 Å². The topological polar surface area (TPSA) is 77.7 Å². The van der Waals surface area contributed by atoms with Gasteiger partial charge in [-0.05, 0) is 17.7 Å². The first-order valence-electron chi connectivity index (χ1n) is 7.15. The number of fused-ring (bicyclic) bond motifs is 1. The number of nitrogens with zero attached hydrogens (tertiary/aromatic N) is 3. The van der Waals surface area contributed by atoms with E-state index in [2.05, 4.69) is 10.1 Å². The quantitative estimate of drug-likeness (QED) is 0.857. The Balaban J connectivity index is 1.48. The fourth-order valence-electron chi connectivity index (χ4n) is 2.84. The van der Waals surface area contributed by atoms with Gasteiger partial charge < -0.3 is 18.9 Å². The number of likely N-dealkylation sites (tertiary alicyclic amines) is 1. The molecule has 2 aliphatic heterocycles. The van der Waals surface area contributed by atoms with Gasteiger partial charge in [0.05, 0.1) is 0 Å². The van der Waals surface area contributed by atoms with E-state index in [0.29, 0.717) is 31.2 Å². The van der Waals surface area contributed by atoms with Crippen LogP contribution in [0.5, 0.6) is 11.5 Å². The molecule has 0 bridgehead atoms. The largest absolute Gasteiger partial charge is 0.454 e. The van der Waals surface area contributed by atoms with Crippen molar-refractivity contribution >= 4 is 5.91 Å². The maximum Gasteiger partial charge on any atom is 0.231 e. The first kappa shape index (κ1) is 13.1. The first-order valence-corrected chi connectivity index (χ1v) is 7.15. The lowest BCUT2D eigenvalue weighted by Crippen LogP contribution is -2.24. The molecule has 1 saturated heterocycles. The van der Waals surface area contributed by atoms with E-state index in [-0.39, 0.29) is 18.6 Å². The molecule has 1 fully saturated rings. The van der Waals surface area contributed by atoms with Crippen LogP contribution in [0.25, 0.3) is 0 Å². The molecule has 1 amide bonds. The van der Waals surface area contributed by atoms with Crippen LogP contribution in [0, 0.1) is 6.92 Å². The van der Waals surface area contributed by atoms with Crippen LogP contribution in [0.1, 0.15) is 29.6 Å². The number of aromatic nitrogens is 2. The van der Waals surface area contributed by atoms with Gasteiger partial charge in [0.2, 0.25) is 18.6 Å². The molecule has 0 N–H and O–H groups in total. The lowest BCUT2D eigenvalue weighted by atomic mass is 10.1. The number of benzene rings is 1. The second kappa shape index (κ2) is 5.01. The molecule has 0 radical (unpaired) electrons. The smallest absolute Gasteiger partial charge is 0.231 e. The van der Waals surface area contributed by atoms with Crippen LogP contribution >= 0.6 is 0 Å². The molecule has 2 aliphatic rings. The highest BCUT2D eigenvalue weighted by atomic mass is 16.7. The maximum atomic E-state index is 12.2. The predicted molar refractivity (Wildman–Crippen MR) is 74.4 cm³/mol. The van der Waals surface area contributed by atoms with Crippen LogP contribution in [0.3, 0.4) is 0 Å². The van der Waals surface area contributed by atoms with Crippen LogP contribution < -0.4 is 9.47 Å². The zero-order chi connectivity index (χ0) is 15.1. The Morgan fingerprint density at radius 2 is 2.18 bits per heavy atom. The van der Waals surface area contributed by atoms with E-state index in [0.717, 1.165) is 17.1 Å². The summed E-state index contributed by atoms with van der Waals surface area (Å²) in [5.41, 5.74) is 1.02. The zero-order valence-corrected chi connectivity index (χ0v) is 12.1. The number of carbonyl (C=O) groups excluding carboxylic acids is 1. The third kappa shape index (κ3) is 2.28. The zero-order valence-electron chi connectivity index (χ0n) is 12.1. The third-order valence-corrected chi connectivity index (χ3v) is 3.93. The summed E-state index contributed by atoms with van der Waals surface area (Å²) in [5, 5.41) is 3.92. The van der Waals surface area contributed by atoms with Crippen molar-refractivity contribution in [2.75, 3.05) is 13.3 Å². The van der Waals surface area contributed by atoms with E-state index in [9.17, 15) is 4.79 Å². The molecule has 3 heterocycles. The SMILES string of the molecule is Cc1nc(C2CC(=O)N(Cc3ccc4c(c3)OCO4)C2)no1. The van der Waals surface area contributed by atoms with Crippen LogP contribution in [0.2, 0.25) is 0 Å². The summed E-state index contributed by atoms with van der Waals surface area (Å²) in [5.74, 6) is 2.71. The van der Waals surface area contributed by atoms with Gasteiger partial charge in [0.25, 0.3) is 0 Å². The lowest BCUT2D eigenvalue weighted by molar-refractivity contribution is -0.128. The Bertz CT molecular complexity index is 727. The van der Waals surface area contributed by atoms with E-state index in [1.54, 1.807) is 6.92 Å². The molecule has 0 saturated carbocycles. The van der Waals surface area contributed by atoms with Crippen LogP contribution in [-0.2, 0) is 11.3 Å². The number of amides is 1. The van der Waals surface area contributed by atoms with Gasteiger partial charge in [-0.3, -0.25) is 4.79 Å². The fourth-order valence-corrected chi connectivity index (χ4v) is 2.84. The van der Waals surface area contributed by atoms with Crippen molar-refractivity contribution in [3.63, 3.8) is 0 Å². The number of carbonyl (C=O) groups is 1. The van der Waals surface area contributed by atoms with E-state index < -0.39 is 0 Å². The van der Waals surface area contributed by atoms with E-state index in [1.165, 1.54) is 0 Å². The summed E-state index contributed by atoms with van der Waals surface area (Å²) in [6.07, 6.45) is 0.420. The summed E-state index contributed by atoms with van der Waals surface area (Å²) >= 11 is 0. The summed E-state index contributed by atoms with van der Waals surface area (Å²) < 4.78 is 15.7. The highest BCUT2D eigenvalue weighted by molar-refractivity contribution is 5.79. The Labute approximate surface area is 126 Å². The monoisotopic (exact) mass is 301 g/mol. The van der Waals surface area contributed by atoms with E-state index in [1.807, 2.05) is 23.1 Å². The summed E-state index contributed by atoms with van der Waals surface area (Å²) in [4.78, 5) is 18.2. The molecule has 1 aromatic heterocycles. The molecule has 0 spiro atoms. The van der Waals surface area contributed by atoms with Crippen molar-refractivity contribution in [2.24, 2.45) is 0 Å². The third-order valence-electron chi connectivity index (χ3n) is 3.93. The molecular weight excluding hydrogens is 286 g/mol. The lowest BCUT2D eigenvalue weighted by Gasteiger charge is -2.16. The number of rotatable bonds is 3. The van der Waals surface area contributed by atoms with Crippen molar-refractivity contribution in [2.45, 2.75) is 25.8 Å². The van der Waals surface area contributed by atoms with Crippen molar-refractivity contribution < 1.29 is 18.8 Å². The first-order chi connectivity index (χ1) is 10.7. The fraction of sp³-hybridized carbons (Fsp3) is 0.400. The van der Waals surface area contributed by atoms with Crippen molar-refractivity contribution in [3.05, 3.63) is 35.5 Å². The normalized spacial score (nSPS) is 20.0. The van der Waals surface area contributed by atoms with Gasteiger partial charge in [-0.25, -0.2) is 0 Å². The predicted octanol–water partition coefficient (Wildman–Crippen LogP) is 1.62. The number of aryl methyl sites for hydroxylation is 1. The summed E-state index contributed by atoms with van der Waals surface area (Å²) in [7, 11) is 0. The molecule has 7 heteroatoms. The van der Waals surface area contributed by atoms with E-state index >= 15 is 0 Å². The second-order valence-corrected chi connectivity index (χ2v) is 5.53. The summed E-state index contributed by atoms with van der Waals surface area (Å²) in [6, 6.07) is 5.74. The highest BCUT2D eigenvalue weighted by Gasteiger charge is 2.33. The van der Waals surface area contributed by atoms with Gasteiger partial charge in [-0.15, -0.1) is 0 Å². The summed E-state index contributed by atoms with van der Waals surface area (Å²) in [6.45, 7) is 3.15. The van der Waals surface area contributed by atoms with Gasteiger partial charge >= 0.3 is 0 Å². The van der Waals surface area contributed by atoms with Gasteiger partial charge in [-0.2, -0.15) is 4.98 Å². The molecule has 0 aliphatic carbocycles. The minimum absolute atomic E-state index is 0.000962. The Kier molecular flexibility index (Phi) is 2.99. The Morgan fingerprint density at radius 1 is 1.32 bits per heavy atom. The number of ether oxygens (including phenoxy) is 2. The molecule has 22 heavy (non-hydrogen) atoms. The standard InChI is InChI=1S/C15H15N3O4/c1-9-16-15(17-22-9)11-5-14(19)18(7-11)6-10-2-3-12-13(4-10)21-8-20-12/h2-4,11H,5-8H2,1H3. The van der Waals surface area contributed by atoms with Crippen LogP contribution in [0.4, 0.5) is 0 Å². The van der Waals surface area contributed by atoms with Gasteiger partial charge in [-0.1, -0.05) is 11.2 Å². The van der Waals surface area contributed by atoms with Crippen molar-refractivity contribution in [1.82, 2.24) is 15.0 Å². The highest BCUT2D eigenvalue weighted by Crippen LogP contribution is 2.34. The van der Waals surface area contributed by atoms with Gasteiger partial charge in [0.15, 0.2) is 17.3 Å². The average Bonchev–Trinajstić information content (AvgIpc) is 3.20. The average molecular weight is 301 g/mol. The molecule has 4 rings (SSSR count). The van der Waals surface area contributed by atoms with Crippen molar-refractivity contribution in [3.8, 4) is 11.5 Å². The number of hydrogen-bond acceptors (Lipinski definition) is 6. The molecule has 114 valence electrons. The second-order valence-electron chi connectivity index (χ2n) is 5.53. The molecule has 1 unspecified atom stereocenters. The molecule has 2 aromatic rings. The molecule has 1 aromatic carbocycles. The Hall–Kier alpha value is -2.57. The van der Waals surface area contributed by atoms with Crippen molar-refractivity contribution in [1.29, 1.82) is 0 Å². The minimum Gasteiger partial charge on any atom is -0.454 e. The van der Waals surface area contributed by atoms with Crippen LogP contribution in [0.15, 0.2) is 22.7 Å². The van der Waals surface area contributed by atoms with Gasteiger partial charge in [0.1, 0.15) is 0 Å². The Morgan fingerprint density at radius 3 is 3.00 bits per heavy atom. The number of hydrogen-bond donors (Lipinski definition) is 0. The molecular formula is C15H15N3O4. The van der Waals surface area contributed by atoms with Crippen LogP contribution in [-0.4, -0.2) is 34.3 Å². The maximum absolute atomic E-state index is 12.2. The minimum atomic E-state index is -0.000962. The molecule has 7 nitrogen and oxygen atoms in total.